The van der Waals surface area contributed by atoms with Gasteiger partial charge in [0.1, 0.15) is 23.0 Å². The molecule has 3 aromatic carbocycles. The molecule has 0 N–H and O–H groups in total. The van der Waals surface area contributed by atoms with Crippen molar-refractivity contribution in [2.45, 2.75) is 46.1 Å². The zero-order chi connectivity index (χ0) is 27.5. The Labute approximate surface area is 228 Å². The largest absolute Gasteiger partial charge is 0.496 e. The fraction of sp³-hybridized carbons (Fsp3) is 0.355. The van der Waals surface area contributed by atoms with Gasteiger partial charge in [0, 0.05) is 37.4 Å². The van der Waals surface area contributed by atoms with Crippen molar-refractivity contribution in [3.05, 3.63) is 70.5 Å². The number of hydrogen-bond acceptors (Lipinski definition) is 6. The zero-order valence-corrected chi connectivity index (χ0v) is 22.8. The molecule has 204 valence electrons. The van der Waals surface area contributed by atoms with E-state index in [2.05, 4.69) is 4.99 Å². The lowest BCUT2D eigenvalue weighted by Crippen LogP contribution is -2.35. The van der Waals surface area contributed by atoms with Gasteiger partial charge in [0.05, 0.1) is 37.6 Å². The maximum Gasteiger partial charge on any atom is 0.256 e. The molecule has 0 spiro atoms. The number of aliphatic imine (C=N–C) groups is 1. The molecule has 0 aromatic heterocycles. The molecule has 1 fully saturated rings. The molecule has 39 heavy (non-hydrogen) atoms. The predicted octanol–water partition coefficient (Wildman–Crippen LogP) is 6.72. The van der Waals surface area contributed by atoms with Gasteiger partial charge in [-0.3, -0.25) is 9.79 Å². The first-order chi connectivity index (χ1) is 18.8. The summed E-state index contributed by atoms with van der Waals surface area (Å²) < 4.78 is 37.5. The van der Waals surface area contributed by atoms with E-state index in [4.69, 9.17) is 18.9 Å². The topological polar surface area (TPSA) is 69.6 Å². The lowest BCUT2D eigenvalue weighted by Gasteiger charge is -2.20. The van der Waals surface area contributed by atoms with Gasteiger partial charge in [-0.15, -0.1) is 0 Å². The minimum Gasteiger partial charge on any atom is -0.496 e. The summed E-state index contributed by atoms with van der Waals surface area (Å²) in [5.41, 5.74) is 4.15. The molecule has 0 bridgehead atoms. The van der Waals surface area contributed by atoms with Crippen LogP contribution in [0.5, 0.6) is 28.7 Å². The Bertz CT molecular complexity index is 1420. The fourth-order valence-corrected chi connectivity index (χ4v) is 4.91. The Morgan fingerprint density at radius 2 is 1.74 bits per heavy atom. The smallest absolute Gasteiger partial charge is 0.256 e. The van der Waals surface area contributed by atoms with E-state index in [0.29, 0.717) is 53.9 Å². The third-order valence-corrected chi connectivity index (χ3v) is 7.23. The number of aryl methyl sites for hydroxylation is 2. The fourth-order valence-electron chi connectivity index (χ4n) is 4.91. The highest BCUT2D eigenvalue weighted by molar-refractivity contribution is 6.03. The molecular weight excluding hydrogens is 499 g/mol. The predicted molar refractivity (Wildman–Crippen MR) is 148 cm³/mol. The summed E-state index contributed by atoms with van der Waals surface area (Å²) in [6.07, 6.45) is 4.44. The van der Waals surface area contributed by atoms with Crippen molar-refractivity contribution in [1.29, 1.82) is 0 Å². The Balaban J connectivity index is 1.17. The first-order valence-corrected chi connectivity index (χ1v) is 13.2. The van der Waals surface area contributed by atoms with Crippen LogP contribution in [0.2, 0.25) is 0 Å². The van der Waals surface area contributed by atoms with Gasteiger partial charge in [-0.2, -0.15) is 0 Å². The second-order valence-electron chi connectivity index (χ2n) is 9.93. The van der Waals surface area contributed by atoms with Crippen LogP contribution in [0.25, 0.3) is 0 Å². The molecule has 0 aliphatic carbocycles. The lowest BCUT2D eigenvalue weighted by molar-refractivity contribution is 0.0774. The highest BCUT2D eigenvalue weighted by Gasteiger charge is 2.32. The summed E-state index contributed by atoms with van der Waals surface area (Å²) in [6, 6.07) is 11.8. The zero-order valence-electron chi connectivity index (χ0n) is 22.8. The first kappa shape index (κ1) is 26.5. The number of methoxy groups -OCH3 is 1. The molecule has 0 radical (unpaired) electrons. The third-order valence-electron chi connectivity index (χ3n) is 7.23. The Morgan fingerprint density at radius 3 is 2.56 bits per heavy atom. The summed E-state index contributed by atoms with van der Waals surface area (Å²) in [6.45, 7) is 7.40. The van der Waals surface area contributed by atoms with E-state index < -0.39 is 5.82 Å². The number of halogens is 1. The van der Waals surface area contributed by atoms with Crippen LogP contribution in [0.4, 0.5) is 10.1 Å². The van der Waals surface area contributed by atoms with Crippen molar-refractivity contribution in [3.63, 3.8) is 0 Å². The number of benzene rings is 3. The SMILES string of the molecule is COc1cc(Oc2cc(OCCCOc3cc4c(cc3C)C(=O)N3CCC[C@H]3C=N4)ccc2F)cc(C)c1C. The normalized spacial score (nSPS) is 16.0. The second-order valence-corrected chi connectivity index (χ2v) is 9.93. The van der Waals surface area contributed by atoms with Gasteiger partial charge < -0.3 is 23.8 Å². The van der Waals surface area contributed by atoms with Crippen LogP contribution in [0.3, 0.4) is 0 Å². The van der Waals surface area contributed by atoms with Gasteiger partial charge in [-0.1, -0.05) is 0 Å². The van der Waals surface area contributed by atoms with Gasteiger partial charge in [-0.05, 0) is 74.6 Å². The Morgan fingerprint density at radius 1 is 0.949 bits per heavy atom. The number of ether oxygens (including phenoxy) is 4. The summed E-state index contributed by atoms with van der Waals surface area (Å²) >= 11 is 0. The molecule has 1 amide bonds. The molecule has 5 rings (SSSR count). The first-order valence-electron chi connectivity index (χ1n) is 13.2. The standard InChI is InChI=1S/C31H33FN2O5/c1-19-13-24(16-29(36-4)21(19)3)39-30-15-23(8-9-26(30)32)37-11-6-12-38-28-17-27-25(14-20(28)2)31(35)34-10-5-7-22(34)18-33-27/h8-9,13-18,22H,5-7,10-12H2,1-4H3/t22-/m0/s1. The molecule has 2 heterocycles. The Hall–Kier alpha value is -4.07. The summed E-state index contributed by atoms with van der Waals surface area (Å²) in [4.78, 5) is 19.5. The number of carbonyl (C=O) groups is 1. The third kappa shape index (κ3) is 5.70. The average molecular weight is 533 g/mol. The highest BCUT2D eigenvalue weighted by atomic mass is 19.1. The van der Waals surface area contributed by atoms with Gasteiger partial charge in [0.2, 0.25) is 0 Å². The van der Waals surface area contributed by atoms with Crippen LogP contribution >= 0.6 is 0 Å². The van der Waals surface area contributed by atoms with Crippen molar-refractivity contribution in [3.8, 4) is 28.7 Å². The van der Waals surface area contributed by atoms with Gasteiger partial charge in [0.25, 0.3) is 5.91 Å². The van der Waals surface area contributed by atoms with E-state index in [9.17, 15) is 9.18 Å². The van der Waals surface area contributed by atoms with Crippen molar-refractivity contribution < 1.29 is 28.1 Å². The van der Waals surface area contributed by atoms with Crippen LogP contribution in [-0.2, 0) is 0 Å². The molecule has 1 atom stereocenters. The van der Waals surface area contributed by atoms with Crippen LogP contribution in [0.1, 0.15) is 46.3 Å². The molecule has 2 aliphatic rings. The molecular formula is C31H33FN2O5. The van der Waals surface area contributed by atoms with Gasteiger partial charge in [-0.25, -0.2) is 4.39 Å². The maximum absolute atomic E-state index is 14.5. The number of rotatable bonds is 9. The molecule has 2 aliphatic heterocycles. The number of fused-ring (bicyclic) bond motifs is 2. The van der Waals surface area contributed by atoms with E-state index in [1.165, 1.54) is 12.1 Å². The Kier molecular flexibility index (Phi) is 7.72. The molecule has 8 heteroatoms. The van der Waals surface area contributed by atoms with E-state index >= 15 is 0 Å². The van der Waals surface area contributed by atoms with Crippen molar-refractivity contribution in [2.75, 3.05) is 26.9 Å². The van der Waals surface area contributed by atoms with E-state index in [0.717, 1.165) is 36.1 Å². The lowest BCUT2D eigenvalue weighted by atomic mass is 10.1. The number of amides is 1. The second kappa shape index (κ2) is 11.4. The van der Waals surface area contributed by atoms with Crippen molar-refractivity contribution in [2.24, 2.45) is 4.99 Å². The molecule has 7 nitrogen and oxygen atoms in total. The summed E-state index contributed by atoms with van der Waals surface area (Å²) in [5.74, 6) is 1.99. The van der Waals surface area contributed by atoms with Crippen LogP contribution < -0.4 is 18.9 Å². The number of hydrogen-bond donors (Lipinski definition) is 0. The van der Waals surface area contributed by atoms with Crippen molar-refractivity contribution >= 4 is 17.8 Å². The van der Waals surface area contributed by atoms with Gasteiger partial charge in [0.15, 0.2) is 11.6 Å². The van der Waals surface area contributed by atoms with Crippen LogP contribution in [0.15, 0.2) is 47.5 Å². The van der Waals surface area contributed by atoms with Crippen LogP contribution in [0, 0.1) is 26.6 Å². The van der Waals surface area contributed by atoms with Gasteiger partial charge >= 0.3 is 0 Å². The van der Waals surface area contributed by atoms with Crippen LogP contribution in [-0.4, -0.2) is 49.9 Å². The summed E-state index contributed by atoms with van der Waals surface area (Å²) in [7, 11) is 1.59. The van der Waals surface area contributed by atoms with E-state index in [1.807, 2.05) is 50.1 Å². The number of nitrogens with zero attached hydrogens (tertiary/aromatic N) is 2. The maximum atomic E-state index is 14.5. The number of carbonyl (C=O) groups excluding carboxylic acids is 1. The molecule has 1 saturated heterocycles. The van der Waals surface area contributed by atoms with E-state index in [1.54, 1.807) is 19.2 Å². The minimum absolute atomic E-state index is 0.0346. The molecule has 0 unspecified atom stereocenters. The average Bonchev–Trinajstić information content (AvgIpc) is 3.35. The highest BCUT2D eigenvalue weighted by Crippen LogP contribution is 2.35. The monoisotopic (exact) mass is 532 g/mol. The quantitative estimate of drug-likeness (QED) is 0.286. The molecule has 0 saturated carbocycles. The minimum atomic E-state index is -0.483. The molecule has 3 aromatic rings. The summed E-state index contributed by atoms with van der Waals surface area (Å²) in [5, 5.41) is 0. The van der Waals surface area contributed by atoms with Crippen molar-refractivity contribution in [1.82, 2.24) is 4.90 Å². The van der Waals surface area contributed by atoms with E-state index in [-0.39, 0.29) is 17.7 Å².